The van der Waals surface area contributed by atoms with Gasteiger partial charge >= 0.3 is 17.8 Å². The standard InChI is InChI=1S/C22H19N3O4S/c1-14(17-10-4-7-15-6-2-3-9-18(15)17)23-19(26)13-25-21(28)20(27)24(22(25)29)12-16-8-5-11-30-16/h2-11,14H,12-13H2,1H3,(H,23,26)/t14-/m0/s1. The molecule has 0 radical (unpaired) electrons. The van der Waals surface area contributed by atoms with Crippen molar-refractivity contribution in [3.8, 4) is 0 Å². The second-order valence-electron chi connectivity index (χ2n) is 7.00. The van der Waals surface area contributed by atoms with Crippen LogP contribution in [0.1, 0.15) is 23.4 Å². The monoisotopic (exact) mass is 421 g/mol. The van der Waals surface area contributed by atoms with E-state index in [-0.39, 0.29) is 12.6 Å². The molecule has 152 valence electrons. The first-order valence-electron chi connectivity index (χ1n) is 9.42. The van der Waals surface area contributed by atoms with Crippen LogP contribution in [0.5, 0.6) is 0 Å². The van der Waals surface area contributed by atoms with Gasteiger partial charge in [-0.2, -0.15) is 0 Å². The molecular weight excluding hydrogens is 402 g/mol. The molecular formula is C22H19N3O4S. The third kappa shape index (κ3) is 3.69. The predicted molar refractivity (Wildman–Crippen MR) is 112 cm³/mol. The Morgan fingerprint density at radius 2 is 1.70 bits per heavy atom. The summed E-state index contributed by atoms with van der Waals surface area (Å²) in [6, 6.07) is 16.1. The summed E-state index contributed by atoms with van der Waals surface area (Å²) in [5.74, 6) is -2.41. The molecule has 1 saturated heterocycles. The number of carbonyl (C=O) groups is 4. The molecule has 3 aromatic rings. The molecule has 0 saturated carbocycles. The highest BCUT2D eigenvalue weighted by molar-refractivity contribution is 7.09. The number of nitrogens with zero attached hydrogens (tertiary/aromatic N) is 2. The quantitative estimate of drug-likeness (QED) is 0.490. The maximum Gasteiger partial charge on any atom is 0.335 e. The van der Waals surface area contributed by atoms with Crippen molar-refractivity contribution < 1.29 is 19.2 Å². The zero-order chi connectivity index (χ0) is 21.3. The summed E-state index contributed by atoms with van der Waals surface area (Å²) >= 11 is 1.38. The van der Waals surface area contributed by atoms with Crippen LogP contribution in [0.25, 0.3) is 10.8 Å². The van der Waals surface area contributed by atoms with Gasteiger partial charge < -0.3 is 5.32 Å². The smallest absolute Gasteiger partial charge is 0.335 e. The molecule has 1 N–H and O–H groups in total. The molecule has 1 fully saturated rings. The Bertz CT molecular complexity index is 1140. The van der Waals surface area contributed by atoms with Crippen molar-refractivity contribution in [2.45, 2.75) is 19.5 Å². The fourth-order valence-corrected chi connectivity index (χ4v) is 4.22. The molecule has 5 amide bonds. The van der Waals surface area contributed by atoms with Gasteiger partial charge in [-0.25, -0.2) is 9.69 Å². The third-order valence-electron chi connectivity index (χ3n) is 5.00. The molecule has 0 bridgehead atoms. The maximum absolute atomic E-state index is 12.6. The van der Waals surface area contributed by atoms with E-state index >= 15 is 0 Å². The normalized spacial score (nSPS) is 15.2. The second-order valence-corrected chi connectivity index (χ2v) is 8.03. The van der Waals surface area contributed by atoms with Crippen LogP contribution >= 0.6 is 11.3 Å². The first kappa shape index (κ1) is 19.8. The molecule has 0 unspecified atom stereocenters. The largest absolute Gasteiger partial charge is 0.348 e. The van der Waals surface area contributed by atoms with Crippen molar-refractivity contribution in [2.24, 2.45) is 0 Å². The number of fused-ring (bicyclic) bond motifs is 1. The summed E-state index contributed by atoms with van der Waals surface area (Å²) < 4.78 is 0. The zero-order valence-electron chi connectivity index (χ0n) is 16.2. The van der Waals surface area contributed by atoms with Crippen molar-refractivity contribution in [1.29, 1.82) is 0 Å². The van der Waals surface area contributed by atoms with Gasteiger partial charge in [-0.05, 0) is 34.7 Å². The Labute approximate surface area is 176 Å². The third-order valence-corrected chi connectivity index (χ3v) is 5.86. The van der Waals surface area contributed by atoms with E-state index in [0.717, 1.165) is 26.1 Å². The first-order chi connectivity index (χ1) is 14.5. The molecule has 0 spiro atoms. The minimum absolute atomic E-state index is 0.0194. The predicted octanol–water partition coefficient (Wildman–Crippen LogP) is 3.07. The van der Waals surface area contributed by atoms with Gasteiger partial charge in [0.05, 0.1) is 12.6 Å². The number of carbonyl (C=O) groups excluding carboxylic acids is 4. The SMILES string of the molecule is C[C@H](NC(=O)CN1C(=O)C(=O)N(Cc2cccs2)C1=O)c1cccc2ccccc12. The van der Waals surface area contributed by atoms with Gasteiger partial charge in [0.25, 0.3) is 0 Å². The number of nitrogens with one attached hydrogen (secondary N) is 1. The Morgan fingerprint density at radius 1 is 0.967 bits per heavy atom. The van der Waals surface area contributed by atoms with Crippen LogP contribution in [0.4, 0.5) is 4.79 Å². The van der Waals surface area contributed by atoms with E-state index in [0.29, 0.717) is 4.90 Å². The van der Waals surface area contributed by atoms with Gasteiger partial charge in [-0.3, -0.25) is 19.3 Å². The number of urea groups is 1. The van der Waals surface area contributed by atoms with Crippen molar-refractivity contribution in [2.75, 3.05) is 6.54 Å². The maximum atomic E-state index is 12.6. The minimum Gasteiger partial charge on any atom is -0.348 e. The molecule has 8 heteroatoms. The van der Waals surface area contributed by atoms with Crippen LogP contribution in [-0.4, -0.2) is 40.1 Å². The van der Waals surface area contributed by atoms with E-state index < -0.39 is 30.3 Å². The lowest BCUT2D eigenvalue weighted by Crippen LogP contribution is -2.42. The number of hydrogen-bond acceptors (Lipinski definition) is 5. The lowest BCUT2D eigenvalue weighted by atomic mass is 10.00. The fraction of sp³-hybridized carbons (Fsp3) is 0.182. The van der Waals surface area contributed by atoms with Crippen molar-refractivity contribution in [1.82, 2.24) is 15.1 Å². The highest BCUT2D eigenvalue weighted by Crippen LogP contribution is 2.24. The van der Waals surface area contributed by atoms with Crippen LogP contribution in [0, 0.1) is 0 Å². The van der Waals surface area contributed by atoms with E-state index in [1.165, 1.54) is 11.3 Å². The second kappa shape index (κ2) is 8.08. The van der Waals surface area contributed by atoms with Crippen molar-refractivity contribution in [3.05, 3.63) is 70.4 Å². The topological polar surface area (TPSA) is 86.8 Å². The lowest BCUT2D eigenvalue weighted by molar-refractivity contribution is -0.144. The highest BCUT2D eigenvalue weighted by atomic mass is 32.1. The van der Waals surface area contributed by atoms with Gasteiger partial charge in [-0.1, -0.05) is 48.5 Å². The molecule has 1 atom stereocenters. The van der Waals surface area contributed by atoms with Gasteiger partial charge in [0.2, 0.25) is 5.91 Å². The van der Waals surface area contributed by atoms with Crippen molar-refractivity contribution >= 4 is 45.9 Å². The number of benzene rings is 2. The van der Waals surface area contributed by atoms with Crippen LogP contribution in [0.15, 0.2) is 60.0 Å². The summed E-state index contributed by atoms with van der Waals surface area (Å²) in [5.41, 5.74) is 0.927. The molecule has 1 aliphatic heterocycles. The molecule has 7 nitrogen and oxygen atoms in total. The Kier molecular flexibility index (Phi) is 5.33. The van der Waals surface area contributed by atoms with Gasteiger partial charge in [0.1, 0.15) is 6.54 Å². The van der Waals surface area contributed by atoms with Crippen LogP contribution in [-0.2, 0) is 20.9 Å². The fourth-order valence-electron chi connectivity index (χ4n) is 3.52. The molecule has 4 rings (SSSR count). The highest BCUT2D eigenvalue weighted by Gasteiger charge is 2.45. The lowest BCUT2D eigenvalue weighted by Gasteiger charge is -2.19. The minimum atomic E-state index is -0.982. The average molecular weight is 421 g/mol. The van der Waals surface area contributed by atoms with Gasteiger partial charge in [0.15, 0.2) is 0 Å². The summed E-state index contributed by atoms with van der Waals surface area (Å²) in [6.07, 6.45) is 0. The molecule has 0 aliphatic carbocycles. The summed E-state index contributed by atoms with van der Waals surface area (Å²) in [7, 11) is 0. The first-order valence-corrected chi connectivity index (χ1v) is 10.3. The van der Waals surface area contributed by atoms with Crippen LogP contribution in [0.2, 0.25) is 0 Å². The summed E-state index contributed by atoms with van der Waals surface area (Å²) in [5, 5.41) is 6.70. The molecule has 2 aromatic carbocycles. The number of imide groups is 2. The molecule has 2 heterocycles. The molecule has 30 heavy (non-hydrogen) atoms. The van der Waals surface area contributed by atoms with Crippen LogP contribution < -0.4 is 5.32 Å². The van der Waals surface area contributed by atoms with E-state index in [1.807, 2.05) is 54.8 Å². The molecule has 1 aromatic heterocycles. The van der Waals surface area contributed by atoms with E-state index in [2.05, 4.69) is 5.32 Å². The van der Waals surface area contributed by atoms with Gasteiger partial charge in [0, 0.05) is 4.88 Å². The van der Waals surface area contributed by atoms with E-state index in [9.17, 15) is 19.2 Å². The number of amides is 5. The van der Waals surface area contributed by atoms with E-state index in [4.69, 9.17) is 0 Å². The summed E-state index contributed by atoms with van der Waals surface area (Å²) in [4.78, 5) is 51.9. The Hall–Kier alpha value is -3.52. The summed E-state index contributed by atoms with van der Waals surface area (Å²) in [6.45, 7) is 1.35. The molecule has 1 aliphatic rings. The Morgan fingerprint density at radius 3 is 2.47 bits per heavy atom. The number of thiophene rings is 1. The Balaban J connectivity index is 1.45. The number of hydrogen-bond donors (Lipinski definition) is 1. The van der Waals surface area contributed by atoms with E-state index in [1.54, 1.807) is 12.1 Å². The van der Waals surface area contributed by atoms with Crippen molar-refractivity contribution in [3.63, 3.8) is 0 Å². The number of rotatable bonds is 6. The zero-order valence-corrected chi connectivity index (χ0v) is 17.0. The van der Waals surface area contributed by atoms with Gasteiger partial charge in [-0.15, -0.1) is 11.3 Å². The van der Waals surface area contributed by atoms with Crippen LogP contribution in [0.3, 0.4) is 0 Å². The average Bonchev–Trinajstić information content (AvgIpc) is 3.33.